The smallest absolute Gasteiger partial charge is 0.254 e. The summed E-state index contributed by atoms with van der Waals surface area (Å²) in [5.41, 5.74) is 4.81. The van der Waals surface area contributed by atoms with Crippen molar-refractivity contribution < 1.29 is 0 Å². The molecule has 3 heterocycles. The van der Waals surface area contributed by atoms with Gasteiger partial charge in [0.15, 0.2) is 0 Å². The van der Waals surface area contributed by atoms with Crippen LogP contribution in [-0.2, 0) is 0 Å². The lowest BCUT2D eigenvalue weighted by Gasteiger charge is -2.09. The van der Waals surface area contributed by atoms with Crippen LogP contribution >= 0.6 is 0 Å². The van der Waals surface area contributed by atoms with Gasteiger partial charge in [-0.1, -0.05) is 18.2 Å². The molecule has 4 aromatic rings. The van der Waals surface area contributed by atoms with E-state index in [-0.39, 0.29) is 0 Å². The minimum Gasteiger partial charge on any atom is -0.337 e. The fraction of sp³-hybridized carbons (Fsp3) is 0.176. The minimum absolute atomic E-state index is 0.572. The van der Waals surface area contributed by atoms with Crippen LogP contribution in [-0.4, -0.2) is 29.4 Å². The molecule has 0 unspecified atom stereocenters. The number of hydrogen-bond donors (Lipinski definition) is 1. The highest BCUT2D eigenvalue weighted by molar-refractivity contribution is 5.64. The highest BCUT2D eigenvalue weighted by atomic mass is 15.4. The van der Waals surface area contributed by atoms with Gasteiger partial charge in [0.2, 0.25) is 0 Å². The zero-order valence-electron chi connectivity index (χ0n) is 13.7. The van der Waals surface area contributed by atoms with E-state index < -0.39 is 0 Å². The van der Waals surface area contributed by atoms with Gasteiger partial charge >= 0.3 is 0 Å². The first kappa shape index (κ1) is 14.4. The third-order valence-corrected chi connectivity index (χ3v) is 3.93. The van der Waals surface area contributed by atoms with Crippen LogP contribution < -0.4 is 5.32 Å². The monoisotopic (exact) mass is 319 g/mol. The molecule has 3 aromatic heterocycles. The SMILES string of the molecule is Cc1cc(Nc2c(C)nn(-c3ccccc3)c2C)n2ncnc2n1. The van der Waals surface area contributed by atoms with E-state index in [9.17, 15) is 0 Å². The molecule has 0 atom stereocenters. The maximum atomic E-state index is 4.66. The first-order valence-corrected chi connectivity index (χ1v) is 7.69. The standard InChI is InChI=1S/C17H17N7/c1-11-9-15(24-17(20-11)18-10-19-24)21-16-12(2)22-23(13(16)3)14-7-5-4-6-8-14/h4-10,21H,1-3H3. The summed E-state index contributed by atoms with van der Waals surface area (Å²) >= 11 is 0. The van der Waals surface area contributed by atoms with E-state index in [4.69, 9.17) is 0 Å². The molecule has 0 amide bonds. The van der Waals surface area contributed by atoms with Crippen LogP contribution in [0.4, 0.5) is 11.5 Å². The molecule has 0 fully saturated rings. The number of nitrogens with zero attached hydrogens (tertiary/aromatic N) is 6. The second kappa shape index (κ2) is 5.45. The van der Waals surface area contributed by atoms with Gasteiger partial charge in [-0.3, -0.25) is 0 Å². The van der Waals surface area contributed by atoms with Gasteiger partial charge in [0, 0.05) is 11.8 Å². The van der Waals surface area contributed by atoms with E-state index in [0.29, 0.717) is 5.78 Å². The first-order chi connectivity index (χ1) is 11.6. The molecule has 1 aromatic carbocycles. The fourth-order valence-corrected chi connectivity index (χ4v) is 2.79. The van der Waals surface area contributed by atoms with Crippen molar-refractivity contribution in [3.63, 3.8) is 0 Å². The largest absolute Gasteiger partial charge is 0.337 e. The third-order valence-electron chi connectivity index (χ3n) is 3.93. The molecule has 1 N–H and O–H groups in total. The summed E-state index contributed by atoms with van der Waals surface area (Å²) in [4.78, 5) is 8.52. The van der Waals surface area contributed by atoms with Crippen LogP contribution in [0.1, 0.15) is 17.1 Å². The zero-order chi connectivity index (χ0) is 16.7. The average molecular weight is 319 g/mol. The summed E-state index contributed by atoms with van der Waals surface area (Å²) in [5.74, 6) is 1.39. The molecule has 7 nitrogen and oxygen atoms in total. The van der Waals surface area contributed by atoms with Gasteiger partial charge in [-0.15, -0.1) is 0 Å². The van der Waals surface area contributed by atoms with Crippen LogP contribution in [0.5, 0.6) is 0 Å². The Morgan fingerprint density at radius 3 is 2.62 bits per heavy atom. The van der Waals surface area contributed by atoms with Crippen molar-refractivity contribution in [3.05, 3.63) is 59.8 Å². The summed E-state index contributed by atoms with van der Waals surface area (Å²) in [6.45, 7) is 5.97. The van der Waals surface area contributed by atoms with Gasteiger partial charge in [0.1, 0.15) is 12.1 Å². The molecule has 120 valence electrons. The molecule has 24 heavy (non-hydrogen) atoms. The topological polar surface area (TPSA) is 72.9 Å². The van der Waals surface area contributed by atoms with Gasteiger partial charge in [0.25, 0.3) is 5.78 Å². The van der Waals surface area contributed by atoms with Gasteiger partial charge in [0.05, 0.1) is 22.8 Å². The lowest BCUT2D eigenvalue weighted by molar-refractivity contribution is 0.834. The lowest BCUT2D eigenvalue weighted by Crippen LogP contribution is -2.04. The van der Waals surface area contributed by atoms with E-state index in [0.717, 1.165) is 34.3 Å². The van der Waals surface area contributed by atoms with Gasteiger partial charge in [-0.25, -0.2) is 9.67 Å². The van der Waals surface area contributed by atoms with Crippen molar-refractivity contribution in [1.82, 2.24) is 29.4 Å². The van der Waals surface area contributed by atoms with E-state index in [2.05, 4.69) is 25.5 Å². The van der Waals surface area contributed by atoms with E-state index >= 15 is 0 Å². The van der Waals surface area contributed by atoms with E-state index in [1.807, 2.05) is 61.9 Å². The van der Waals surface area contributed by atoms with Crippen molar-refractivity contribution in [3.8, 4) is 5.69 Å². The predicted octanol–water partition coefficient (Wildman–Crippen LogP) is 2.98. The van der Waals surface area contributed by atoms with Gasteiger partial charge in [-0.2, -0.15) is 19.7 Å². The molecule has 0 saturated carbocycles. The van der Waals surface area contributed by atoms with Crippen molar-refractivity contribution in [2.24, 2.45) is 0 Å². The number of para-hydroxylation sites is 1. The Kier molecular flexibility index (Phi) is 3.26. The normalized spacial score (nSPS) is 11.1. The van der Waals surface area contributed by atoms with Crippen molar-refractivity contribution in [2.75, 3.05) is 5.32 Å². The Labute approximate surface area is 139 Å². The first-order valence-electron chi connectivity index (χ1n) is 7.69. The van der Waals surface area contributed by atoms with Crippen LogP contribution in [0.15, 0.2) is 42.7 Å². The molecule has 7 heteroatoms. The molecular weight excluding hydrogens is 302 g/mol. The number of hydrogen-bond acceptors (Lipinski definition) is 5. The number of aromatic nitrogens is 6. The van der Waals surface area contributed by atoms with Crippen molar-refractivity contribution in [2.45, 2.75) is 20.8 Å². The highest BCUT2D eigenvalue weighted by Gasteiger charge is 2.15. The van der Waals surface area contributed by atoms with E-state index in [1.54, 1.807) is 4.52 Å². The average Bonchev–Trinajstić information content (AvgIpc) is 3.15. The summed E-state index contributed by atoms with van der Waals surface area (Å²) < 4.78 is 3.62. The number of fused-ring (bicyclic) bond motifs is 1. The Hall–Kier alpha value is -3.22. The molecule has 0 radical (unpaired) electrons. The molecule has 0 bridgehead atoms. The maximum Gasteiger partial charge on any atom is 0.254 e. The number of rotatable bonds is 3. The molecular formula is C17H17N7. The Morgan fingerprint density at radius 1 is 1.04 bits per heavy atom. The Bertz CT molecular complexity index is 1010. The van der Waals surface area contributed by atoms with Gasteiger partial charge < -0.3 is 5.32 Å². The van der Waals surface area contributed by atoms with E-state index in [1.165, 1.54) is 6.33 Å². The summed E-state index contributed by atoms with van der Waals surface area (Å²) in [5, 5.41) is 12.3. The summed E-state index contributed by atoms with van der Waals surface area (Å²) in [7, 11) is 0. The quantitative estimate of drug-likeness (QED) is 0.628. The highest BCUT2D eigenvalue weighted by Crippen LogP contribution is 2.26. The second-order valence-corrected chi connectivity index (χ2v) is 5.67. The van der Waals surface area contributed by atoms with Crippen LogP contribution in [0.2, 0.25) is 0 Å². The fourth-order valence-electron chi connectivity index (χ4n) is 2.79. The van der Waals surface area contributed by atoms with Crippen molar-refractivity contribution in [1.29, 1.82) is 0 Å². The zero-order valence-corrected chi connectivity index (χ0v) is 13.7. The van der Waals surface area contributed by atoms with Crippen LogP contribution in [0.25, 0.3) is 11.5 Å². The Balaban J connectivity index is 1.80. The predicted molar refractivity (Wildman–Crippen MR) is 91.8 cm³/mol. The number of anilines is 2. The molecule has 0 aliphatic heterocycles. The number of benzene rings is 1. The summed E-state index contributed by atoms with van der Waals surface area (Å²) in [6, 6.07) is 12.0. The second-order valence-electron chi connectivity index (χ2n) is 5.67. The number of aryl methyl sites for hydroxylation is 2. The molecule has 0 aliphatic carbocycles. The third kappa shape index (κ3) is 2.30. The van der Waals surface area contributed by atoms with Crippen LogP contribution in [0.3, 0.4) is 0 Å². The Morgan fingerprint density at radius 2 is 1.83 bits per heavy atom. The molecule has 4 rings (SSSR count). The molecule has 0 aliphatic rings. The van der Waals surface area contributed by atoms with Gasteiger partial charge in [-0.05, 0) is 32.9 Å². The minimum atomic E-state index is 0.572. The maximum absolute atomic E-state index is 4.66. The number of nitrogens with one attached hydrogen (secondary N) is 1. The molecule has 0 spiro atoms. The summed E-state index contributed by atoms with van der Waals surface area (Å²) in [6.07, 6.45) is 1.50. The van der Waals surface area contributed by atoms with Crippen LogP contribution in [0, 0.1) is 20.8 Å². The van der Waals surface area contributed by atoms with Crippen molar-refractivity contribution >= 4 is 17.3 Å². The lowest BCUT2D eigenvalue weighted by atomic mass is 10.3. The molecule has 0 saturated heterocycles.